The van der Waals surface area contributed by atoms with Gasteiger partial charge in [0, 0.05) is 35.8 Å². The maximum Gasteiger partial charge on any atom is 0.253 e. The van der Waals surface area contributed by atoms with Crippen molar-refractivity contribution in [2.45, 2.75) is 0 Å². The van der Waals surface area contributed by atoms with Gasteiger partial charge in [0.15, 0.2) is 0 Å². The van der Waals surface area contributed by atoms with Crippen LogP contribution < -0.4 is 5.73 Å². The van der Waals surface area contributed by atoms with Gasteiger partial charge in [-0.1, -0.05) is 6.07 Å². The van der Waals surface area contributed by atoms with Gasteiger partial charge in [-0.05, 0) is 18.2 Å². The van der Waals surface area contributed by atoms with Gasteiger partial charge in [-0.2, -0.15) is 11.8 Å². The molecule has 80 valence electrons. The minimum absolute atomic E-state index is 0.0996. The monoisotopic (exact) mass is 222 g/mol. The van der Waals surface area contributed by atoms with E-state index in [9.17, 15) is 4.79 Å². The van der Waals surface area contributed by atoms with Crippen molar-refractivity contribution in [2.75, 3.05) is 30.3 Å². The van der Waals surface area contributed by atoms with E-state index in [1.807, 2.05) is 28.8 Å². The van der Waals surface area contributed by atoms with E-state index >= 15 is 0 Å². The van der Waals surface area contributed by atoms with Crippen molar-refractivity contribution in [1.29, 1.82) is 0 Å². The van der Waals surface area contributed by atoms with E-state index in [0.29, 0.717) is 11.3 Å². The molecule has 1 aliphatic rings. The summed E-state index contributed by atoms with van der Waals surface area (Å²) >= 11 is 1.90. The molecule has 4 heteroatoms. The van der Waals surface area contributed by atoms with Gasteiger partial charge in [-0.25, -0.2) is 0 Å². The fourth-order valence-electron chi connectivity index (χ4n) is 1.62. The van der Waals surface area contributed by atoms with Crippen LogP contribution in [0.4, 0.5) is 5.69 Å². The number of thioether (sulfide) groups is 1. The highest BCUT2D eigenvalue weighted by Crippen LogP contribution is 2.14. The number of amides is 1. The van der Waals surface area contributed by atoms with Crippen LogP contribution in [0, 0.1) is 0 Å². The molecule has 0 bridgehead atoms. The second kappa shape index (κ2) is 4.57. The van der Waals surface area contributed by atoms with E-state index in [0.717, 1.165) is 24.6 Å². The summed E-state index contributed by atoms with van der Waals surface area (Å²) in [6.07, 6.45) is 0. The topological polar surface area (TPSA) is 46.3 Å². The van der Waals surface area contributed by atoms with Crippen molar-refractivity contribution < 1.29 is 4.79 Å². The van der Waals surface area contributed by atoms with Crippen molar-refractivity contribution >= 4 is 23.4 Å². The Hall–Kier alpha value is -1.16. The van der Waals surface area contributed by atoms with Gasteiger partial charge in [0.25, 0.3) is 5.91 Å². The quantitative estimate of drug-likeness (QED) is 0.732. The summed E-state index contributed by atoms with van der Waals surface area (Å²) in [7, 11) is 0. The highest BCUT2D eigenvalue weighted by Gasteiger charge is 2.17. The highest BCUT2D eigenvalue weighted by atomic mass is 32.2. The van der Waals surface area contributed by atoms with Gasteiger partial charge in [-0.3, -0.25) is 4.79 Å². The van der Waals surface area contributed by atoms with Crippen molar-refractivity contribution in [3.8, 4) is 0 Å². The SMILES string of the molecule is Nc1cccc(C(=O)N2CCSCC2)c1. The smallest absolute Gasteiger partial charge is 0.253 e. The van der Waals surface area contributed by atoms with Gasteiger partial charge in [0.1, 0.15) is 0 Å². The number of hydrogen-bond donors (Lipinski definition) is 1. The number of hydrogen-bond acceptors (Lipinski definition) is 3. The normalized spacial score (nSPS) is 16.4. The molecule has 0 spiro atoms. The molecule has 1 aliphatic heterocycles. The summed E-state index contributed by atoms with van der Waals surface area (Å²) in [4.78, 5) is 13.9. The summed E-state index contributed by atoms with van der Waals surface area (Å²) in [6.45, 7) is 1.69. The zero-order valence-corrected chi connectivity index (χ0v) is 9.30. The Balaban J connectivity index is 2.12. The fraction of sp³-hybridized carbons (Fsp3) is 0.364. The number of nitrogens with two attached hydrogens (primary N) is 1. The van der Waals surface area contributed by atoms with Crippen LogP contribution >= 0.6 is 11.8 Å². The lowest BCUT2D eigenvalue weighted by Crippen LogP contribution is -2.37. The number of anilines is 1. The molecule has 0 radical (unpaired) electrons. The Kier molecular flexibility index (Phi) is 3.16. The molecule has 1 saturated heterocycles. The third-order valence-electron chi connectivity index (χ3n) is 2.43. The van der Waals surface area contributed by atoms with E-state index in [1.54, 1.807) is 12.1 Å². The summed E-state index contributed by atoms with van der Waals surface area (Å²) in [5.74, 6) is 2.17. The minimum Gasteiger partial charge on any atom is -0.399 e. The Labute approximate surface area is 93.6 Å². The van der Waals surface area contributed by atoms with Crippen LogP contribution in [0.15, 0.2) is 24.3 Å². The number of benzene rings is 1. The van der Waals surface area contributed by atoms with Crippen LogP contribution in [-0.4, -0.2) is 35.4 Å². The maximum absolute atomic E-state index is 12.0. The predicted octanol–water partition coefficient (Wildman–Crippen LogP) is 1.46. The van der Waals surface area contributed by atoms with E-state index in [-0.39, 0.29) is 5.91 Å². The first-order valence-corrected chi connectivity index (χ1v) is 6.15. The lowest BCUT2D eigenvalue weighted by Gasteiger charge is -2.26. The van der Waals surface area contributed by atoms with Crippen LogP contribution in [0.25, 0.3) is 0 Å². The summed E-state index contributed by atoms with van der Waals surface area (Å²) in [5.41, 5.74) is 6.99. The summed E-state index contributed by atoms with van der Waals surface area (Å²) < 4.78 is 0. The number of carbonyl (C=O) groups excluding carboxylic acids is 1. The summed E-state index contributed by atoms with van der Waals surface area (Å²) in [6, 6.07) is 7.18. The van der Waals surface area contributed by atoms with Gasteiger partial charge >= 0.3 is 0 Å². The van der Waals surface area contributed by atoms with E-state index < -0.39 is 0 Å². The minimum atomic E-state index is 0.0996. The molecule has 15 heavy (non-hydrogen) atoms. The van der Waals surface area contributed by atoms with Gasteiger partial charge < -0.3 is 10.6 Å². The van der Waals surface area contributed by atoms with Crippen LogP contribution in [0.2, 0.25) is 0 Å². The number of rotatable bonds is 1. The first kappa shape index (κ1) is 10.4. The largest absolute Gasteiger partial charge is 0.399 e. The molecule has 2 N–H and O–H groups in total. The Morgan fingerprint density at radius 3 is 2.73 bits per heavy atom. The second-order valence-corrected chi connectivity index (χ2v) is 4.75. The summed E-state index contributed by atoms with van der Waals surface area (Å²) in [5, 5.41) is 0. The average Bonchev–Trinajstić information content (AvgIpc) is 2.29. The molecular formula is C11H14N2OS. The first-order valence-electron chi connectivity index (χ1n) is 5.00. The van der Waals surface area contributed by atoms with Crippen LogP contribution in [0.3, 0.4) is 0 Å². The van der Waals surface area contributed by atoms with Crippen LogP contribution in [-0.2, 0) is 0 Å². The number of nitrogen functional groups attached to an aromatic ring is 1. The molecule has 1 amide bonds. The molecule has 1 heterocycles. The molecule has 1 aromatic rings. The fourth-order valence-corrected chi connectivity index (χ4v) is 2.52. The zero-order chi connectivity index (χ0) is 10.7. The van der Waals surface area contributed by atoms with Crippen molar-refractivity contribution in [3.63, 3.8) is 0 Å². The third-order valence-corrected chi connectivity index (χ3v) is 3.37. The molecule has 0 unspecified atom stereocenters. The Morgan fingerprint density at radius 2 is 2.07 bits per heavy atom. The lowest BCUT2D eigenvalue weighted by molar-refractivity contribution is 0.0772. The molecule has 0 aliphatic carbocycles. The van der Waals surface area contributed by atoms with Gasteiger partial charge in [0.2, 0.25) is 0 Å². The molecule has 0 atom stereocenters. The van der Waals surface area contributed by atoms with Crippen molar-refractivity contribution in [1.82, 2.24) is 4.90 Å². The van der Waals surface area contributed by atoms with Crippen molar-refractivity contribution in [2.24, 2.45) is 0 Å². The second-order valence-electron chi connectivity index (χ2n) is 3.53. The van der Waals surface area contributed by atoms with Crippen molar-refractivity contribution in [3.05, 3.63) is 29.8 Å². The molecule has 3 nitrogen and oxygen atoms in total. The molecule has 0 aromatic heterocycles. The first-order chi connectivity index (χ1) is 7.27. The van der Waals surface area contributed by atoms with Gasteiger partial charge in [-0.15, -0.1) is 0 Å². The zero-order valence-electron chi connectivity index (χ0n) is 8.48. The van der Waals surface area contributed by atoms with Crippen LogP contribution in [0.5, 0.6) is 0 Å². The standard InChI is InChI=1S/C11H14N2OS/c12-10-3-1-2-9(8-10)11(14)13-4-6-15-7-5-13/h1-3,8H,4-7,12H2. The Morgan fingerprint density at radius 1 is 1.33 bits per heavy atom. The van der Waals surface area contributed by atoms with Gasteiger partial charge in [0.05, 0.1) is 0 Å². The molecule has 2 rings (SSSR count). The average molecular weight is 222 g/mol. The molecular weight excluding hydrogens is 208 g/mol. The number of nitrogens with zero attached hydrogens (tertiary/aromatic N) is 1. The number of carbonyl (C=O) groups is 1. The molecule has 1 aromatic carbocycles. The van der Waals surface area contributed by atoms with E-state index in [4.69, 9.17) is 5.73 Å². The lowest BCUT2D eigenvalue weighted by atomic mass is 10.2. The van der Waals surface area contributed by atoms with E-state index in [2.05, 4.69) is 0 Å². The molecule has 1 fully saturated rings. The van der Waals surface area contributed by atoms with Crippen LogP contribution in [0.1, 0.15) is 10.4 Å². The highest BCUT2D eigenvalue weighted by molar-refractivity contribution is 7.99. The third kappa shape index (κ3) is 2.45. The van der Waals surface area contributed by atoms with E-state index in [1.165, 1.54) is 0 Å². The Bertz CT molecular complexity index is 361. The molecule has 0 saturated carbocycles. The predicted molar refractivity (Wildman–Crippen MR) is 64.1 cm³/mol. The maximum atomic E-state index is 12.0.